The molecule has 0 bridgehead atoms. The number of rotatable bonds is 4. The topological polar surface area (TPSA) is 97.0 Å². The highest BCUT2D eigenvalue weighted by atomic mass is 19.1. The molecule has 1 aliphatic carbocycles. The number of aryl methyl sites for hydroxylation is 1. The molecule has 0 saturated heterocycles. The number of alkyl halides is 1. The first-order chi connectivity index (χ1) is 13.9. The lowest BCUT2D eigenvalue weighted by Gasteiger charge is -2.26. The van der Waals surface area contributed by atoms with E-state index in [0.29, 0.717) is 29.1 Å². The molecule has 1 N–H and O–H groups in total. The Morgan fingerprint density at radius 2 is 2.03 bits per heavy atom. The van der Waals surface area contributed by atoms with Crippen LogP contribution in [-0.2, 0) is 7.05 Å². The summed E-state index contributed by atoms with van der Waals surface area (Å²) in [4.78, 5) is 21.5. The number of hydrogen-bond donors (Lipinski definition) is 1. The second-order valence-electron chi connectivity index (χ2n) is 7.21. The van der Waals surface area contributed by atoms with Crippen molar-refractivity contribution in [3.63, 3.8) is 0 Å². The molecule has 150 valence electrons. The molecule has 0 aliphatic heterocycles. The Bertz CT molecular complexity index is 1090. The number of phenols is 1. The molecule has 4 rings (SSSR count). The third-order valence-electron chi connectivity index (χ3n) is 5.29. The van der Waals surface area contributed by atoms with E-state index in [2.05, 4.69) is 20.2 Å². The van der Waals surface area contributed by atoms with Crippen molar-refractivity contribution in [3.05, 3.63) is 47.1 Å². The van der Waals surface area contributed by atoms with Crippen LogP contribution in [0.3, 0.4) is 0 Å². The van der Waals surface area contributed by atoms with E-state index in [1.54, 1.807) is 31.3 Å². The van der Waals surface area contributed by atoms with Crippen molar-refractivity contribution in [2.45, 2.75) is 31.5 Å². The molecule has 2 heterocycles. The molecule has 0 amide bonds. The molecule has 1 aromatic carbocycles. The third kappa shape index (κ3) is 3.67. The number of hydrogen-bond acceptors (Lipinski definition) is 7. The van der Waals surface area contributed by atoms with Crippen LogP contribution in [0.2, 0.25) is 0 Å². The van der Waals surface area contributed by atoms with Gasteiger partial charge in [0.15, 0.2) is 11.6 Å². The van der Waals surface area contributed by atoms with Crippen molar-refractivity contribution >= 4 is 5.82 Å². The van der Waals surface area contributed by atoms with Crippen LogP contribution in [0.25, 0.3) is 22.6 Å². The maximum Gasteiger partial charge on any atom is 0.350 e. The fourth-order valence-corrected chi connectivity index (χ4v) is 3.57. The smallest absolute Gasteiger partial charge is 0.350 e. The van der Waals surface area contributed by atoms with Gasteiger partial charge in [0.1, 0.15) is 18.2 Å². The van der Waals surface area contributed by atoms with Gasteiger partial charge in [-0.15, -0.1) is 10.2 Å². The summed E-state index contributed by atoms with van der Waals surface area (Å²) in [7, 11) is 3.38. The van der Waals surface area contributed by atoms with E-state index in [1.807, 2.05) is 11.9 Å². The first-order valence-electron chi connectivity index (χ1n) is 9.38. The summed E-state index contributed by atoms with van der Waals surface area (Å²) in [5.41, 5.74) is 1.06. The Balaban J connectivity index is 1.58. The highest BCUT2D eigenvalue weighted by molar-refractivity contribution is 5.72. The van der Waals surface area contributed by atoms with E-state index >= 15 is 0 Å². The molecular formula is C20H21FN6O2. The monoisotopic (exact) mass is 396 g/mol. The van der Waals surface area contributed by atoms with Gasteiger partial charge in [0.2, 0.25) is 0 Å². The van der Waals surface area contributed by atoms with Crippen LogP contribution in [0.5, 0.6) is 5.75 Å². The van der Waals surface area contributed by atoms with Crippen LogP contribution in [0.4, 0.5) is 10.2 Å². The van der Waals surface area contributed by atoms with Gasteiger partial charge in [-0.25, -0.2) is 14.2 Å². The van der Waals surface area contributed by atoms with Gasteiger partial charge in [-0.1, -0.05) is 6.07 Å². The second-order valence-corrected chi connectivity index (χ2v) is 7.21. The van der Waals surface area contributed by atoms with Crippen molar-refractivity contribution in [1.29, 1.82) is 0 Å². The van der Waals surface area contributed by atoms with Crippen molar-refractivity contribution in [1.82, 2.24) is 24.7 Å². The fraction of sp³-hybridized carbons (Fsp3) is 0.350. The van der Waals surface area contributed by atoms with Gasteiger partial charge in [0, 0.05) is 25.2 Å². The summed E-state index contributed by atoms with van der Waals surface area (Å²) in [5, 5.41) is 18.9. The van der Waals surface area contributed by atoms with Crippen LogP contribution in [0, 0.1) is 0 Å². The molecule has 1 aliphatic rings. The summed E-state index contributed by atoms with van der Waals surface area (Å²) in [6.45, 7) is 0. The highest BCUT2D eigenvalue weighted by Gasteiger charge is 2.31. The zero-order valence-electron chi connectivity index (χ0n) is 16.2. The summed E-state index contributed by atoms with van der Waals surface area (Å²) >= 11 is 0. The second kappa shape index (κ2) is 7.57. The summed E-state index contributed by atoms with van der Waals surface area (Å²) in [6.07, 6.45) is 2.78. The fourth-order valence-electron chi connectivity index (χ4n) is 3.57. The van der Waals surface area contributed by atoms with Crippen LogP contribution in [0.1, 0.15) is 19.3 Å². The zero-order chi connectivity index (χ0) is 20.5. The zero-order valence-corrected chi connectivity index (χ0v) is 16.2. The largest absolute Gasteiger partial charge is 0.507 e. The average Bonchev–Trinajstić information content (AvgIpc) is 3.15. The highest BCUT2D eigenvalue weighted by Crippen LogP contribution is 2.32. The molecule has 29 heavy (non-hydrogen) atoms. The summed E-state index contributed by atoms with van der Waals surface area (Å²) < 4.78 is 15.3. The number of anilines is 1. The van der Waals surface area contributed by atoms with Crippen molar-refractivity contribution in [3.8, 4) is 28.4 Å². The molecule has 0 radical (unpaired) electrons. The van der Waals surface area contributed by atoms with E-state index in [1.165, 1.54) is 17.0 Å². The van der Waals surface area contributed by atoms with Gasteiger partial charge in [0.05, 0.1) is 11.7 Å². The number of aromatic nitrogens is 5. The van der Waals surface area contributed by atoms with Crippen LogP contribution < -0.4 is 10.6 Å². The third-order valence-corrected chi connectivity index (χ3v) is 5.29. The van der Waals surface area contributed by atoms with Crippen LogP contribution in [-0.4, -0.2) is 49.1 Å². The average molecular weight is 396 g/mol. The standard InChI is InChI=1S/C20H21FN6O2/c1-26-11-22-19(23-20(26)29)12-6-7-13(17(28)10-12)15-8-9-18(25-24-15)27(2)16-5-3-4-14(16)21/h6-11,14,16,28H,3-5H2,1-2H3/t14-,16+/m0/s1. The van der Waals surface area contributed by atoms with Crippen LogP contribution in [0.15, 0.2) is 41.5 Å². The lowest BCUT2D eigenvalue weighted by atomic mass is 10.1. The minimum absolute atomic E-state index is 0.0261. The Hall–Kier alpha value is -3.36. The summed E-state index contributed by atoms with van der Waals surface area (Å²) in [5.74, 6) is 0.796. The number of halogens is 1. The minimum atomic E-state index is -0.852. The number of phenolic OH excluding ortho intramolecular Hbond substituents is 1. The first-order valence-corrected chi connectivity index (χ1v) is 9.38. The van der Waals surface area contributed by atoms with Gasteiger partial charge in [-0.05, 0) is 43.5 Å². The first kappa shape index (κ1) is 19.0. The van der Waals surface area contributed by atoms with Gasteiger partial charge in [-0.3, -0.25) is 4.57 Å². The number of aromatic hydroxyl groups is 1. The molecule has 0 spiro atoms. The quantitative estimate of drug-likeness (QED) is 0.723. The van der Waals surface area contributed by atoms with E-state index in [9.17, 15) is 14.3 Å². The molecule has 1 saturated carbocycles. The molecule has 3 aromatic rings. The van der Waals surface area contributed by atoms with Gasteiger partial charge >= 0.3 is 5.69 Å². The molecule has 0 unspecified atom stereocenters. The Morgan fingerprint density at radius 3 is 2.66 bits per heavy atom. The predicted molar refractivity (Wildman–Crippen MR) is 106 cm³/mol. The SMILES string of the molecule is CN(c1ccc(-c2ccc(-c3ncn(C)c(=O)n3)cc2O)nn1)[C@@H]1CCC[C@@H]1F. The van der Waals surface area contributed by atoms with E-state index in [0.717, 1.165) is 12.8 Å². The van der Waals surface area contributed by atoms with E-state index < -0.39 is 11.9 Å². The maximum absolute atomic E-state index is 14.0. The molecule has 9 heteroatoms. The van der Waals surface area contributed by atoms with Crippen molar-refractivity contribution < 1.29 is 9.50 Å². The van der Waals surface area contributed by atoms with Crippen molar-refractivity contribution in [2.24, 2.45) is 7.05 Å². The molecular weight excluding hydrogens is 375 g/mol. The number of benzene rings is 1. The molecule has 1 fully saturated rings. The van der Waals surface area contributed by atoms with E-state index in [4.69, 9.17) is 0 Å². The minimum Gasteiger partial charge on any atom is -0.507 e. The Kier molecular flexibility index (Phi) is 4.96. The van der Waals surface area contributed by atoms with Gasteiger partial charge in [-0.2, -0.15) is 4.98 Å². The van der Waals surface area contributed by atoms with E-state index in [-0.39, 0.29) is 17.6 Å². The van der Waals surface area contributed by atoms with Gasteiger partial charge in [0.25, 0.3) is 0 Å². The Morgan fingerprint density at radius 1 is 1.21 bits per heavy atom. The molecule has 2 aromatic heterocycles. The van der Waals surface area contributed by atoms with Crippen LogP contribution >= 0.6 is 0 Å². The predicted octanol–water partition coefficient (Wildman–Crippen LogP) is 2.33. The maximum atomic E-state index is 14.0. The van der Waals surface area contributed by atoms with Gasteiger partial charge < -0.3 is 10.0 Å². The molecule has 8 nitrogen and oxygen atoms in total. The summed E-state index contributed by atoms with van der Waals surface area (Å²) in [6, 6.07) is 8.19. The lowest BCUT2D eigenvalue weighted by molar-refractivity contribution is 0.306. The van der Waals surface area contributed by atoms with Crippen molar-refractivity contribution in [2.75, 3.05) is 11.9 Å². The normalized spacial score (nSPS) is 18.7. The molecule has 2 atom stereocenters. The number of nitrogens with zero attached hydrogens (tertiary/aromatic N) is 6. The lowest BCUT2D eigenvalue weighted by Crippen LogP contribution is -2.36. The Labute approximate surface area is 166 Å².